The Hall–Kier alpha value is -3.44. The first-order chi connectivity index (χ1) is 12.9. The van der Waals surface area contributed by atoms with Gasteiger partial charge in [-0.15, -0.1) is 0 Å². The highest BCUT2D eigenvalue weighted by Crippen LogP contribution is 2.29. The number of hydrogen-bond acceptors (Lipinski definition) is 6. The minimum atomic E-state index is -1.14. The fourth-order valence-electron chi connectivity index (χ4n) is 2.64. The lowest BCUT2D eigenvalue weighted by molar-refractivity contribution is -0.384. The van der Waals surface area contributed by atoms with Crippen molar-refractivity contribution in [3.8, 4) is 11.8 Å². The predicted molar refractivity (Wildman–Crippen MR) is 97.7 cm³/mol. The minimum absolute atomic E-state index is 0.000841. The molecule has 0 N–H and O–H groups in total. The Balaban J connectivity index is 1.82. The average molecular weight is 385 g/mol. The molecular formula is C18H13ClN4O4. The molecular weight excluding hydrogens is 372 g/mol. The summed E-state index contributed by atoms with van der Waals surface area (Å²) in [4.78, 5) is 27.1. The number of ether oxygens (including phenoxy) is 1. The lowest BCUT2D eigenvalue weighted by Gasteiger charge is -2.11. The van der Waals surface area contributed by atoms with Crippen molar-refractivity contribution in [3.63, 3.8) is 0 Å². The molecule has 3 aromatic rings. The van der Waals surface area contributed by atoms with Crippen molar-refractivity contribution in [1.82, 2.24) is 9.55 Å². The molecule has 0 amide bonds. The molecule has 1 heterocycles. The highest BCUT2D eigenvalue weighted by Gasteiger charge is 2.26. The summed E-state index contributed by atoms with van der Waals surface area (Å²) in [5.74, 6) is -1.36. The Morgan fingerprint density at radius 3 is 2.81 bits per heavy atom. The zero-order valence-corrected chi connectivity index (χ0v) is 14.9. The van der Waals surface area contributed by atoms with E-state index in [1.54, 1.807) is 17.7 Å². The smallest absolute Gasteiger partial charge is 0.273 e. The van der Waals surface area contributed by atoms with E-state index in [4.69, 9.17) is 16.3 Å². The molecule has 0 saturated heterocycles. The van der Waals surface area contributed by atoms with Gasteiger partial charge in [0.2, 0.25) is 0 Å². The van der Waals surface area contributed by atoms with Gasteiger partial charge in [-0.05, 0) is 18.2 Å². The van der Waals surface area contributed by atoms with Gasteiger partial charge in [0.05, 0.1) is 33.1 Å². The molecule has 136 valence electrons. The molecule has 0 saturated carbocycles. The van der Waals surface area contributed by atoms with Crippen LogP contribution in [0.2, 0.25) is 5.02 Å². The van der Waals surface area contributed by atoms with E-state index in [1.807, 2.05) is 24.3 Å². The first-order valence-electron chi connectivity index (χ1n) is 7.82. The van der Waals surface area contributed by atoms with E-state index < -0.39 is 23.2 Å². The number of rotatable bonds is 6. The topological polar surface area (TPSA) is 111 Å². The maximum absolute atomic E-state index is 12.5. The summed E-state index contributed by atoms with van der Waals surface area (Å²) in [6.07, 6.45) is 0. The molecule has 2 aromatic carbocycles. The molecule has 0 spiro atoms. The summed E-state index contributed by atoms with van der Waals surface area (Å²) in [7, 11) is 1.72. The van der Waals surface area contributed by atoms with Crippen LogP contribution in [0.1, 0.15) is 11.7 Å². The molecule has 0 radical (unpaired) electrons. The van der Waals surface area contributed by atoms with Crippen molar-refractivity contribution in [3.05, 3.63) is 63.4 Å². The summed E-state index contributed by atoms with van der Waals surface area (Å²) < 4.78 is 7.02. The number of para-hydroxylation sites is 2. The standard InChI is InChI=1S/C18H13ClN4O4/c1-22-15-5-3-2-4-14(15)21-18(22)12(9-20)16(24)10-27-17-8-11(23(25)26)6-7-13(17)19/h2-8,12H,10H2,1H3. The monoisotopic (exact) mass is 384 g/mol. The van der Waals surface area contributed by atoms with E-state index in [0.717, 1.165) is 11.6 Å². The predicted octanol–water partition coefficient (Wildman–Crippen LogP) is 3.39. The molecule has 1 unspecified atom stereocenters. The van der Waals surface area contributed by atoms with Crippen LogP contribution in [-0.2, 0) is 11.8 Å². The van der Waals surface area contributed by atoms with Crippen LogP contribution < -0.4 is 4.74 Å². The van der Waals surface area contributed by atoms with Gasteiger partial charge >= 0.3 is 0 Å². The number of benzene rings is 2. The zero-order chi connectivity index (χ0) is 19.6. The van der Waals surface area contributed by atoms with Gasteiger partial charge in [-0.3, -0.25) is 14.9 Å². The molecule has 3 rings (SSSR count). The number of nitro groups is 1. The number of carbonyl (C=O) groups is 1. The quantitative estimate of drug-likeness (QED) is 0.475. The van der Waals surface area contributed by atoms with Crippen LogP contribution in [0.3, 0.4) is 0 Å². The molecule has 9 heteroatoms. The molecule has 0 aliphatic rings. The highest BCUT2D eigenvalue weighted by atomic mass is 35.5. The fourth-order valence-corrected chi connectivity index (χ4v) is 2.82. The van der Waals surface area contributed by atoms with Gasteiger partial charge in [-0.25, -0.2) is 4.98 Å². The van der Waals surface area contributed by atoms with E-state index in [1.165, 1.54) is 12.1 Å². The Labute approximate surface area is 158 Å². The summed E-state index contributed by atoms with van der Waals surface area (Å²) in [5, 5.41) is 20.5. The number of nitrogens with zero attached hydrogens (tertiary/aromatic N) is 4. The van der Waals surface area contributed by atoms with Gasteiger partial charge in [-0.2, -0.15) is 5.26 Å². The lowest BCUT2D eigenvalue weighted by Crippen LogP contribution is -2.21. The number of hydrogen-bond donors (Lipinski definition) is 0. The maximum Gasteiger partial charge on any atom is 0.273 e. The van der Waals surface area contributed by atoms with Crippen molar-refractivity contribution in [2.24, 2.45) is 7.05 Å². The Kier molecular flexibility index (Phi) is 5.05. The Bertz CT molecular complexity index is 1090. The number of Topliss-reactive ketones (excluding diaryl/α,β-unsaturated/α-hetero) is 1. The van der Waals surface area contributed by atoms with E-state index >= 15 is 0 Å². The number of non-ortho nitro benzene ring substituents is 1. The maximum atomic E-state index is 12.5. The third kappa shape index (κ3) is 3.59. The number of halogens is 1. The summed E-state index contributed by atoms with van der Waals surface area (Å²) >= 11 is 5.95. The lowest BCUT2D eigenvalue weighted by atomic mass is 10.1. The number of nitriles is 1. The molecule has 1 aromatic heterocycles. The molecule has 8 nitrogen and oxygen atoms in total. The molecule has 27 heavy (non-hydrogen) atoms. The van der Waals surface area contributed by atoms with Crippen molar-refractivity contribution in [2.45, 2.75) is 5.92 Å². The van der Waals surface area contributed by atoms with Crippen molar-refractivity contribution >= 4 is 34.1 Å². The number of aryl methyl sites for hydroxylation is 1. The molecule has 0 aliphatic heterocycles. The minimum Gasteiger partial charge on any atom is -0.484 e. The Morgan fingerprint density at radius 2 is 2.15 bits per heavy atom. The van der Waals surface area contributed by atoms with Crippen molar-refractivity contribution < 1.29 is 14.5 Å². The summed E-state index contributed by atoms with van der Waals surface area (Å²) in [6, 6.07) is 12.9. The van der Waals surface area contributed by atoms with Crippen LogP contribution in [0, 0.1) is 21.4 Å². The second kappa shape index (κ2) is 7.43. The van der Waals surface area contributed by atoms with Crippen LogP contribution in [0.15, 0.2) is 42.5 Å². The van der Waals surface area contributed by atoms with Crippen LogP contribution in [0.4, 0.5) is 5.69 Å². The summed E-state index contributed by atoms with van der Waals surface area (Å²) in [5.41, 5.74) is 1.25. The van der Waals surface area contributed by atoms with Crippen LogP contribution in [0.25, 0.3) is 11.0 Å². The second-order valence-corrected chi connectivity index (χ2v) is 6.11. The number of nitro benzene ring substituents is 1. The number of aromatic nitrogens is 2. The average Bonchev–Trinajstić information content (AvgIpc) is 2.98. The van der Waals surface area contributed by atoms with Crippen LogP contribution in [0.5, 0.6) is 5.75 Å². The molecule has 1 atom stereocenters. The highest BCUT2D eigenvalue weighted by molar-refractivity contribution is 6.32. The number of fused-ring (bicyclic) bond motifs is 1. The van der Waals surface area contributed by atoms with Crippen molar-refractivity contribution in [2.75, 3.05) is 6.61 Å². The van der Waals surface area contributed by atoms with E-state index in [2.05, 4.69) is 4.98 Å². The van der Waals surface area contributed by atoms with Crippen molar-refractivity contribution in [1.29, 1.82) is 5.26 Å². The van der Waals surface area contributed by atoms with Gasteiger partial charge in [0.1, 0.15) is 18.2 Å². The van der Waals surface area contributed by atoms with Gasteiger partial charge in [0.15, 0.2) is 11.7 Å². The van der Waals surface area contributed by atoms with Crippen LogP contribution in [-0.4, -0.2) is 26.9 Å². The van der Waals surface area contributed by atoms with E-state index in [0.29, 0.717) is 11.3 Å². The van der Waals surface area contributed by atoms with E-state index in [-0.39, 0.29) is 16.5 Å². The SMILES string of the molecule is Cn1c(C(C#N)C(=O)COc2cc([N+](=O)[O-])ccc2Cl)nc2ccccc21. The second-order valence-electron chi connectivity index (χ2n) is 5.71. The molecule has 0 aliphatic carbocycles. The largest absolute Gasteiger partial charge is 0.484 e. The number of imidazole rings is 1. The summed E-state index contributed by atoms with van der Waals surface area (Å²) in [6.45, 7) is -0.470. The third-order valence-electron chi connectivity index (χ3n) is 4.03. The number of carbonyl (C=O) groups excluding carboxylic acids is 1. The van der Waals surface area contributed by atoms with Gasteiger partial charge in [0, 0.05) is 13.1 Å². The normalized spacial score (nSPS) is 11.7. The first kappa shape index (κ1) is 18.4. The molecule has 0 bridgehead atoms. The van der Waals surface area contributed by atoms with Gasteiger partial charge in [0.25, 0.3) is 5.69 Å². The van der Waals surface area contributed by atoms with Gasteiger partial charge in [-0.1, -0.05) is 23.7 Å². The fraction of sp³-hybridized carbons (Fsp3) is 0.167. The number of ketones is 1. The third-order valence-corrected chi connectivity index (χ3v) is 4.34. The molecule has 0 fully saturated rings. The van der Waals surface area contributed by atoms with Gasteiger partial charge < -0.3 is 9.30 Å². The van der Waals surface area contributed by atoms with E-state index in [9.17, 15) is 20.2 Å². The Morgan fingerprint density at radius 1 is 1.41 bits per heavy atom. The zero-order valence-electron chi connectivity index (χ0n) is 14.1. The van der Waals surface area contributed by atoms with Crippen LogP contribution >= 0.6 is 11.6 Å². The first-order valence-corrected chi connectivity index (χ1v) is 8.20.